The van der Waals surface area contributed by atoms with Gasteiger partial charge in [0.2, 0.25) is 0 Å². The number of carbonyl (C=O) groups excluding carboxylic acids is 1. The molecule has 0 aliphatic rings. The van der Waals surface area contributed by atoms with E-state index in [1.54, 1.807) is 6.20 Å². The first kappa shape index (κ1) is 25.6. The largest absolute Gasteiger partial charge is 0.487 e. The van der Waals surface area contributed by atoms with E-state index in [1.165, 1.54) is 0 Å². The van der Waals surface area contributed by atoms with Gasteiger partial charge < -0.3 is 25.2 Å². The maximum absolute atomic E-state index is 12.3. The molecule has 0 fully saturated rings. The van der Waals surface area contributed by atoms with Crippen molar-refractivity contribution < 1.29 is 19.4 Å². The molecule has 1 aromatic carbocycles. The summed E-state index contributed by atoms with van der Waals surface area (Å²) >= 11 is 0. The van der Waals surface area contributed by atoms with Gasteiger partial charge >= 0.3 is 6.09 Å². The summed E-state index contributed by atoms with van der Waals surface area (Å²) in [6.07, 6.45) is 0.896. The molecular weight excluding hydrogens is 406 g/mol. The second-order valence-electron chi connectivity index (χ2n) is 9.33. The van der Waals surface area contributed by atoms with Crippen molar-refractivity contribution in [2.75, 3.05) is 13.1 Å². The minimum atomic E-state index is -0.763. The topological polar surface area (TPSA) is 92.7 Å². The molecule has 2 aromatic rings. The maximum Gasteiger partial charge on any atom is 0.407 e. The lowest BCUT2D eigenvalue weighted by Crippen LogP contribution is -2.50. The summed E-state index contributed by atoms with van der Waals surface area (Å²) in [5.41, 5.74) is 1.22. The lowest BCUT2D eigenvalue weighted by Gasteiger charge is -2.27. The fourth-order valence-electron chi connectivity index (χ4n) is 3.02. The minimum Gasteiger partial charge on any atom is -0.487 e. The molecular formula is C25H37N3O4. The van der Waals surface area contributed by atoms with E-state index < -0.39 is 23.8 Å². The van der Waals surface area contributed by atoms with Crippen molar-refractivity contribution in [2.24, 2.45) is 5.92 Å². The highest BCUT2D eigenvalue weighted by Crippen LogP contribution is 2.16. The average Bonchev–Trinajstić information content (AvgIpc) is 2.72. The van der Waals surface area contributed by atoms with Gasteiger partial charge in [0.1, 0.15) is 18.0 Å². The molecule has 1 heterocycles. The number of benzene rings is 1. The third-order valence-corrected chi connectivity index (χ3v) is 4.56. The van der Waals surface area contributed by atoms with E-state index in [1.807, 2.05) is 63.2 Å². The van der Waals surface area contributed by atoms with E-state index >= 15 is 0 Å². The van der Waals surface area contributed by atoms with Gasteiger partial charge in [-0.15, -0.1) is 0 Å². The summed E-state index contributed by atoms with van der Waals surface area (Å²) in [5, 5.41) is 16.8. The Hall–Kier alpha value is -2.64. The van der Waals surface area contributed by atoms with Crippen LogP contribution in [0.15, 0.2) is 48.7 Å². The van der Waals surface area contributed by atoms with Crippen molar-refractivity contribution in [1.29, 1.82) is 0 Å². The van der Waals surface area contributed by atoms with E-state index in [2.05, 4.69) is 29.5 Å². The zero-order valence-electron chi connectivity index (χ0n) is 19.8. The van der Waals surface area contributed by atoms with Crippen LogP contribution in [0, 0.1) is 5.92 Å². The SMILES string of the molecule is CC(C)CNCC(O)C(Cc1ccc(OCc2ccccn2)cc1)NC(=O)OC(C)(C)C. The van der Waals surface area contributed by atoms with Crippen molar-refractivity contribution in [3.05, 3.63) is 59.9 Å². The number of hydrogen-bond donors (Lipinski definition) is 3. The number of pyridine rings is 1. The number of amides is 1. The average molecular weight is 444 g/mol. The zero-order chi connectivity index (χ0) is 23.6. The number of ether oxygens (including phenoxy) is 2. The van der Waals surface area contributed by atoms with Crippen molar-refractivity contribution in [3.8, 4) is 5.75 Å². The number of nitrogens with zero attached hydrogens (tertiary/aromatic N) is 1. The predicted octanol–water partition coefficient (Wildman–Crippen LogP) is 3.70. The van der Waals surface area contributed by atoms with Crippen LogP contribution in [0.5, 0.6) is 5.75 Å². The monoisotopic (exact) mass is 443 g/mol. The third kappa shape index (κ3) is 10.1. The summed E-state index contributed by atoms with van der Waals surface area (Å²) in [5.74, 6) is 1.20. The lowest BCUT2D eigenvalue weighted by molar-refractivity contribution is 0.0422. The molecule has 0 spiro atoms. The van der Waals surface area contributed by atoms with Crippen molar-refractivity contribution in [1.82, 2.24) is 15.6 Å². The quantitative estimate of drug-likeness (QED) is 0.490. The summed E-state index contributed by atoms with van der Waals surface area (Å²) in [7, 11) is 0. The first-order valence-electron chi connectivity index (χ1n) is 11.1. The molecule has 0 aliphatic heterocycles. The van der Waals surface area contributed by atoms with Gasteiger partial charge in [0, 0.05) is 12.7 Å². The highest BCUT2D eigenvalue weighted by molar-refractivity contribution is 5.68. The Morgan fingerprint density at radius 1 is 1.09 bits per heavy atom. The van der Waals surface area contributed by atoms with E-state index in [-0.39, 0.29) is 0 Å². The Morgan fingerprint density at radius 2 is 1.81 bits per heavy atom. The maximum atomic E-state index is 12.3. The summed E-state index contributed by atoms with van der Waals surface area (Å²) in [6.45, 7) is 11.2. The van der Waals surface area contributed by atoms with Crippen LogP contribution in [-0.2, 0) is 17.8 Å². The number of hydrogen-bond acceptors (Lipinski definition) is 6. The Kier molecular flexibility index (Phi) is 9.94. The van der Waals surface area contributed by atoms with Gasteiger partial charge in [0.15, 0.2) is 0 Å². The number of alkyl carbamates (subject to hydrolysis) is 1. The number of aliphatic hydroxyl groups is 1. The van der Waals surface area contributed by atoms with Gasteiger partial charge in [0.05, 0.1) is 17.8 Å². The predicted molar refractivity (Wildman–Crippen MR) is 126 cm³/mol. The molecule has 7 heteroatoms. The summed E-state index contributed by atoms with van der Waals surface area (Å²) in [6, 6.07) is 12.8. The van der Waals surface area contributed by atoms with Gasteiger partial charge in [0.25, 0.3) is 0 Å². The van der Waals surface area contributed by atoms with Gasteiger partial charge in [-0.3, -0.25) is 4.98 Å². The second-order valence-corrected chi connectivity index (χ2v) is 9.33. The van der Waals surface area contributed by atoms with Crippen LogP contribution in [0.25, 0.3) is 0 Å². The Labute approximate surface area is 191 Å². The first-order valence-corrected chi connectivity index (χ1v) is 11.1. The molecule has 0 bridgehead atoms. The van der Waals surface area contributed by atoms with Crippen molar-refractivity contribution in [2.45, 2.75) is 65.4 Å². The number of carbonyl (C=O) groups is 1. The molecule has 176 valence electrons. The van der Waals surface area contributed by atoms with Gasteiger partial charge in [-0.1, -0.05) is 32.0 Å². The molecule has 1 aromatic heterocycles. The highest BCUT2D eigenvalue weighted by atomic mass is 16.6. The fraction of sp³-hybridized carbons (Fsp3) is 0.520. The molecule has 32 heavy (non-hydrogen) atoms. The zero-order valence-corrected chi connectivity index (χ0v) is 19.8. The number of aromatic nitrogens is 1. The van der Waals surface area contributed by atoms with Crippen LogP contribution in [0.2, 0.25) is 0 Å². The molecule has 0 radical (unpaired) electrons. The molecule has 2 rings (SSSR count). The standard InChI is InChI=1S/C25H37N3O4/c1-18(2)15-26-16-23(29)22(28-24(30)32-25(3,4)5)14-19-9-11-21(12-10-19)31-17-20-8-6-7-13-27-20/h6-13,18,22-23,26,29H,14-17H2,1-5H3,(H,28,30). The molecule has 2 atom stereocenters. The van der Waals surface area contributed by atoms with Crippen molar-refractivity contribution in [3.63, 3.8) is 0 Å². The molecule has 1 amide bonds. The van der Waals surface area contributed by atoms with Crippen molar-refractivity contribution >= 4 is 6.09 Å². The van der Waals surface area contributed by atoms with E-state index in [4.69, 9.17) is 9.47 Å². The molecule has 3 N–H and O–H groups in total. The molecule has 0 aliphatic carbocycles. The number of rotatable bonds is 11. The van der Waals surface area contributed by atoms with Crippen LogP contribution < -0.4 is 15.4 Å². The lowest BCUT2D eigenvalue weighted by atomic mass is 10.0. The van der Waals surface area contributed by atoms with E-state index in [9.17, 15) is 9.90 Å². The molecule has 0 saturated carbocycles. The van der Waals surface area contributed by atoms with Gasteiger partial charge in [-0.25, -0.2) is 4.79 Å². The smallest absolute Gasteiger partial charge is 0.407 e. The number of nitrogens with one attached hydrogen (secondary N) is 2. The van der Waals surface area contributed by atoms with Gasteiger partial charge in [-0.05, 0) is 69.5 Å². The Morgan fingerprint density at radius 3 is 2.41 bits per heavy atom. The van der Waals surface area contributed by atoms with E-state index in [0.29, 0.717) is 25.5 Å². The van der Waals surface area contributed by atoms with Crippen LogP contribution in [0.4, 0.5) is 4.79 Å². The fourth-order valence-corrected chi connectivity index (χ4v) is 3.02. The first-order chi connectivity index (χ1) is 15.1. The molecule has 7 nitrogen and oxygen atoms in total. The highest BCUT2D eigenvalue weighted by Gasteiger charge is 2.25. The van der Waals surface area contributed by atoms with Crippen LogP contribution in [0.3, 0.4) is 0 Å². The Balaban J connectivity index is 1.98. The molecule has 2 unspecified atom stereocenters. The van der Waals surface area contributed by atoms with Gasteiger partial charge in [-0.2, -0.15) is 0 Å². The number of aliphatic hydroxyl groups excluding tert-OH is 1. The van der Waals surface area contributed by atoms with Crippen LogP contribution >= 0.6 is 0 Å². The normalized spacial score (nSPS) is 13.5. The van der Waals surface area contributed by atoms with Crippen LogP contribution in [0.1, 0.15) is 45.9 Å². The summed E-state index contributed by atoms with van der Waals surface area (Å²) < 4.78 is 11.2. The summed E-state index contributed by atoms with van der Waals surface area (Å²) in [4.78, 5) is 16.6. The minimum absolute atomic E-state index is 0.379. The Bertz CT molecular complexity index is 804. The second kappa shape index (κ2) is 12.4. The third-order valence-electron chi connectivity index (χ3n) is 4.56. The molecule has 0 saturated heterocycles. The van der Waals surface area contributed by atoms with Crippen LogP contribution in [-0.4, -0.2) is 47.0 Å². The van der Waals surface area contributed by atoms with E-state index in [0.717, 1.165) is 23.6 Å².